The molecule has 0 fully saturated rings. The van der Waals surface area contributed by atoms with Crippen molar-refractivity contribution in [1.29, 1.82) is 0 Å². The maximum absolute atomic E-state index is 13.2. The van der Waals surface area contributed by atoms with Gasteiger partial charge < -0.3 is 0 Å². The Hall–Kier alpha value is -0.920. The molecule has 0 aliphatic heterocycles. The van der Waals surface area contributed by atoms with E-state index < -0.39 is 12.0 Å². The molecule has 0 aromatic heterocycles. The molecule has 2 unspecified atom stereocenters. The van der Waals surface area contributed by atoms with E-state index in [4.69, 9.17) is 0 Å². The van der Waals surface area contributed by atoms with Crippen LogP contribution in [0.25, 0.3) is 0 Å². The highest BCUT2D eigenvalue weighted by atomic mass is 19.1. The minimum Gasteiger partial charge on any atom is -0.243 e. The van der Waals surface area contributed by atoms with Gasteiger partial charge in [0.1, 0.15) is 12.0 Å². The minimum atomic E-state index is -1.26. The van der Waals surface area contributed by atoms with E-state index in [1.54, 1.807) is 0 Å². The van der Waals surface area contributed by atoms with Crippen LogP contribution in [-0.2, 0) is 0 Å². The molecule has 0 aromatic carbocycles. The van der Waals surface area contributed by atoms with E-state index in [1.807, 2.05) is 13.8 Å². The molecule has 0 amide bonds. The highest BCUT2D eigenvalue weighted by molar-refractivity contribution is 5.10. The predicted molar refractivity (Wildman–Crippen MR) is 57.5 cm³/mol. The molecule has 0 aliphatic rings. The van der Waals surface area contributed by atoms with Gasteiger partial charge in [0.25, 0.3) is 0 Å². The number of hydrogen-bond donors (Lipinski definition) is 0. The lowest BCUT2D eigenvalue weighted by molar-refractivity contribution is 0.339. The fraction of sp³-hybridized carbons (Fsp3) is 0.500. The van der Waals surface area contributed by atoms with Crippen LogP contribution in [0.1, 0.15) is 26.7 Å². The molecule has 80 valence electrons. The van der Waals surface area contributed by atoms with Crippen LogP contribution in [-0.4, -0.2) is 6.17 Å². The van der Waals surface area contributed by atoms with Crippen LogP contribution in [0, 0.1) is 5.92 Å². The SMILES string of the molecule is C=C/C(F)=C\C(F)CC(C)C(=C)CC. The first-order valence-electron chi connectivity index (χ1n) is 4.82. The van der Waals surface area contributed by atoms with Crippen LogP contribution in [0.4, 0.5) is 8.78 Å². The number of halogens is 2. The van der Waals surface area contributed by atoms with Crippen molar-refractivity contribution in [3.63, 3.8) is 0 Å². The Morgan fingerprint density at radius 1 is 1.50 bits per heavy atom. The molecule has 0 heterocycles. The predicted octanol–water partition coefficient (Wildman–Crippen LogP) is 4.36. The highest BCUT2D eigenvalue weighted by Crippen LogP contribution is 2.20. The zero-order valence-corrected chi connectivity index (χ0v) is 8.89. The number of allylic oxidation sites excluding steroid dienone is 4. The summed E-state index contributed by atoms with van der Waals surface area (Å²) in [6.07, 6.45) is 1.82. The van der Waals surface area contributed by atoms with E-state index in [9.17, 15) is 8.78 Å². The molecule has 2 atom stereocenters. The number of hydrogen-bond acceptors (Lipinski definition) is 0. The molecule has 14 heavy (non-hydrogen) atoms. The van der Waals surface area contributed by atoms with Gasteiger partial charge in [-0.3, -0.25) is 0 Å². The molecule has 0 aromatic rings. The monoisotopic (exact) mass is 200 g/mol. The Morgan fingerprint density at radius 3 is 2.50 bits per heavy atom. The first kappa shape index (κ1) is 13.1. The first-order chi connectivity index (χ1) is 6.51. The molecule has 0 nitrogen and oxygen atoms in total. The fourth-order valence-corrected chi connectivity index (χ4v) is 1.16. The van der Waals surface area contributed by atoms with Crippen molar-refractivity contribution in [2.45, 2.75) is 32.9 Å². The van der Waals surface area contributed by atoms with Gasteiger partial charge in [-0.2, -0.15) is 0 Å². The van der Waals surface area contributed by atoms with Crippen molar-refractivity contribution in [1.82, 2.24) is 0 Å². The van der Waals surface area contributed by atoms with Gasteiger partial charge in [-0.25, -0.2) is 8.78 Å². The molecular weight excluding hydrogens is 182 g/mol. The van der Waals surface area contributed by atoms with E-state index in [2.05, 4.69) is 13.2 Å². The lowest BCUT2D eigenvalue weighted by atomic mass is 9.94. The largest absolute Gasteiger partial charge is 0.243 e. The molecule has 0 saturated carbocycles. The fourth-order valence-electron chi connectivity index (χ4n) is 1.16. The van der Waals surface area contributed by atoms with Crippen molar-refractivity contribution in [3.8, 4) is 0 Å². The minimum absolute atomic E-state index is 0.0869. The maximum atomic E-state index is 13.2. The quantitative estimate of drug-likeness (QED) is 0.441. The zero-order chi connectivity index (χ0) is 11.1. The molecular formula is C12H18F2. The van der Waals surface area contributed by atoms with E-state index >= 15 is 0 Å². The summed E-state index contributed by atoms with van der Waals surface area (Å²) in [5.74, 6) is -0.518. The highest BCUT2D eigenvalue weighted by Gasteiger charge is 2.12. The Bertz CT molecular complexity index is 228. The van der Waals surface area contributed by atoms with Crippen molar-refractivity contribution in [2.24, 2.45) is 5.92 Å². The standard InChI is InChI=1S/C12H18F2/c1-5-9(3)10(4)7-12(14)8-11(13)6-2/h6,8,10,12H,2-3,5,7H2,1,4H3/b11-8+. The van der Waals surface area contributed by atoms with E-state index in [0.717, 1.165) is 24.1 Å². The van der Waals surface area contributed by atoms with Gasteiger partial charge in [-0.15, -0.1) is 0 Å². The second-order valence-electron chi connectivity index (χ2n) is 3.42. The average Bonchev–Trinajstić information content (AvgIpc) is 2.15. The zero-order valence-electron chi connectivity index (χ0n) is 8.89. The van der Waals surface area contributed by atoms with Gasteiger partial charge in [0, 0.05) is 0 Å². The van der Waals surface area contributed by atoms with Gasteiger partial charge in [-0.05, 0) is 30.9 Å². The second-order valence-corrected chi connectivity index (χ2v) is 3.42. The topological polar surface area (TPSA) is 0 Å². The summed E-state index contributed by atoms with van der Waals surface area (Å²) in [6.45, 7) is 10.9. The Kier molecular flexibility index (Phi) is 6.09. The third-order valence-electron chi connectivity index (χ3n) is 2.26. The van der Waals surface area contributed by atoms with Gasteiger partial charge >= 0.3 is 0 Å². The van der Waals surface area contributed by atoms with Crippen LogP contribution in [0.3, 0.4) is 0 Å². The Labute approximate surface area is 85.0 Å². The van der Waals surface area contributed by atoms with Gasteiger partial charge in [0.2, 0.25) is 0 Å². The van der Waals surface area contributed by atoms with Crippen LogP contribution in [0.15, 0.2) is 36.7 Å². The third-order valence-corrected chi connectivity index (χ3v) is 2.26. The number of alkyl halides is 1. The first-order valence-corrected chi connectivity index (χ1v) is 4.82. The van der Waals surface area contributed by atoms with E-state index in [1.165, 1.54) is 0 Å². The summed E-state index contributed by atoms with van der Waals surface area (Å²) in [5, 5.41) is 0. The summed E-state index contributed by atoms with van der Waals surface area (Å²) in [5.41, 5.74) is 1.00. The molecule has 0 bridgehead atoms. The Morgan fingerprint density at radius 2 is 2.07 bits per heavy atom. The van der Waals surface area contributed by atoms with Crippen LogP contribution >= 0.6 is 0 Å². The van der Waals surface area contributed by atoms with Gasteiger partial charge in [0.05, 0.1) is 0 Å². The molecule has 2 heteroatoms. The summed E-state index contributed by atoms with van der Waals surface area (Å²) in [7, 11) is 0. The Balaban J connectivity index is 4.12. The summed E-state index contributed by atoms with van der Waals surface area (Å²) in [4.78, 5) is 0. The molecule has 0 spiro atoms. The normalized spacial score (nSPS) is 16.1. The third kappa shape index (κ3) is 4.95. The van der Waals surface area contributed by atoms with E-state index in [-0.39, 0.29) is 12.3 Å². The smallest absolute Gasteiger partial charge is 0.122 e. The lowest BCUT2D eigenvalue weighted by Crippen LogP contribution is -2.06. The average molecular weight is 200 g/mol. The van der Waals surface area contributed by atoms with Crippen LogP contribution < -0.4 is 0 Å². The summed E-state index contributed by atoms with van der Waals surface area (Å²) in [6, 6.07) is 0. The van der Waals surface area contributed by atoms with Crippen molar-refractivity contribution >= 4 is 0 Å². The van der Waals surface area contributed by atoms with Gasteiger partial charge in [0.15, 0.2) is 0 Å². The summed E-state index contributed by atoms with van der Waals surface area (Å²) < 4.78 is 25.8. The molecule has 0 saturated heterocycles. The van der Waals surface area contributed by atoms with Crippen molar-refractivity contribution < 1.29 is 8.78 Å². The van der Waals surface area contributed by atoms with Gasteiger partial charge in [-0.1, -0.05) is 32.6 Å². The number of rotatable bonds is 6. The second kappa shape index (κ2) is 6.52. The molecule has 0 N–H and O–H groups in total. The summed E-state index contributed by atoms with van der Waals surface area (Å²) >= 11 is 0. The van der Waals surface area contributed by atoms with Crippen molar-refractivity contribution in [3.05, 3.63) is 36.7 Å². The lowest BCUT2D eigenvalue weighted by Gasteiger charge is -2.13. The maximum Gasteiger partial charge on any atom is 0.122 e. The van der Waals surface area contributed by atoms with Crippen LogP contribution in [0.2, 0.25) is 0 Å². The molecule has 0 rings (SSSR count). The molecule has 0 radical (unpaired) electrons. The molecule has 0 aliphatic carbocycles. The van der Waals surface area contributed by atoms with Crippen LogP contribution in [0.5, 0.6) is 0 Å². The van der Waals surface area contributed by atoms with Crippen molar-refractivity contribution in [2.75, 3.05) is 0 Å². The van der Waals surface area contributed by atoms with E-state index in [0.29, 0.717) is 0 Å².